The molecule has 0 bridgehead atoms. The van der Waals surface area contributed by atoms with Crippen molar-refractivity contribution in [2.75, 3.05) is 7.05 Å². The Morgan fingerprint density at radius 2 is 1.89 bits per heavy atom. The molecule has 0 radical (unpaired) electrons. The van der Waals surface area contributed by atoms with Crippen LogP contribution in [0.15, 0.2) is 0 Å². The molecule has 3 unspecified atom stereocenters. The molecule has 1 fully saturated rings. The van der Waals surface area contributed by atoms with Crippen LogP contribution in [0.25, 0.3) is 0 Å². The summed E-state index contributed by atoms with van der Waals surface area (Å²) in [4.78, 5) is 13.4. The van der Waals surface area contributed by atoms with Gasteiger partial charge in [0.15, 0.2) is 0 Å². The van der Waals surface area contributed by atoms with Crippen molar-refractivity contribution in [1.29, 1.82) is 0 Å². The lowest BCUT2D eigenvalue weighted by Gasteiger charge is -2.33. The average Bonchev–Trinajstić information content (AvgIpc) is 2.53. The molecule has 0 aliphatic heterocycles. The van der Waals surface area contributed by atoms with Gasteiger partial charge in [-0.1, -0.05) is 34.1 Å². The molecule has 3 heteroatoms. The van der Waals surface area contributed by atoms with Crippen molar-refractivity contribution in [1.82, 2.24) is 4.90 Å². The van der Waals surface area contributed by atoms with Crippen LogP contribution < -0.4 is 0 Å². The fourth-order valence-electron chi connectivity index (χ4n) is 3.45. The Morgan fingerprint density at radius 1 is 1.26 bits per heavy atom. The Morgan fingerprint density at radius 3 is 2.37 bits per heavy atom. The third-order valence-corrected chi connectivity index (χ3v) is 4.90. The SMILES string of the molecule is CCC(C(=O)O)N(C)C1CCCC(C(C)(C)C)CC1. The number of aliphatic carboxylic acids is 1. The minimum Gasteiger partial charge on any atom is -0.480 e. The van der Waals surface area contributed by atoms with E-state index in [1.165, 1.54) is 19.3 Å². The molecule has 1 rings (SSSR count). The van der Waals surface area contributed by atoms with Crippen LogP contribution in [0, 0.1) is 11.3 Å². The first kappa shape index (κ1) is 16.5. The second kappa shape index (κ2) is 6.74. The number of carboxylic acid groups (broad SMARTS) is 1. The van der Waals surface area contributed by atoms with Gasteiger partial charge in [-0.2, -0.15) is 0 Å². The summed E-state index contributed by atoms with van der Waals surface area (Å²) in [5.41, 5.74) is 0.379. The largest absolute Gasteiger partial charge is 0.480 e. The zero-order chi connectivity index (χ0) is 14.6. The Kier molecular flexibility index (Phi) is 5.84. The number of carbonyl (C=O) groups is 1. The summed E-state index contributed by atoms with van der Waals surface area (Å²) in [5, 5.41) is 9.28. The Hall–Kier alpha value is -0.570. The molecule has 3 nitrogen and oxygen atoms in total. The van der Waals surface area contributed by atoms with Crippen molar-refractivity contribution in [3.8, 4) is 0 Å². The molecule has 3 atom stereocenters. The van der Waals surface area contributed by atoms with Gasteiger partial charge in [0.25, 0.3) is 0 Å². The quantitative estimate of drug-likeness (QED) is 0.790. The Labute approximate surface area is 118 Å². The van der Waals surface area contributed by atoms with Crippen LogP contribution in [-0.4, -0.2) is 35.1 Å². The van der Waals surface area contributed by atoms with Gasteiger partial charge in [-0.15, -0.1) is 0 Å². The maximum absolute atomic E-state index is 11.3. The van der Waals surface area contributed by atoms with Gasteiger partial charge in [-0.05, 0) is 50.5 Å². The first-order valence-electron chi connectivity index (χ1n) is 7.72. The third kappa shape index (κ3) is 4.48. The number of carboxylic acids is 1. The topological polar surface area (TPSA) is 40.5 Å². The molecule has 0 heterocycles. The molecule has 1 saturated carbocycles. The van der Waals surface area contributed by atoms with E-state index < -0.39 is 5.97 Å². The van der Waals surface area contributed by atoms with E-state index in [1.54, 1.807) is 0 Å². The van der Waals surface area contributed by atoms with Crippen molar-refractivity contribution < 1.29 is 9.90 Å². The first-order valence-corrected chi connectivity index (χ1v) is 7.72. The predicted octanol–water partition coefficient (Wildman–Crippen LogP) is 3.78. The minimum atomic E-state index is -0.679. The molecular formula is C16H31NO2. The van der Waals surface area contributed by atoms with E-state index >= 15 is 0 Å². The van der Waals surface area contributed by atoms with E-state index in [2.05, 4.69) is 25.7 Å². The lowest BCUT2D eigenvalue weighted by Crippen LogP contribution is -2.44. The van der Waals surface area contributed by atoms with E-state index in [1.807, 2.05) is 14.0 Å². The van der Waals surface area contributed by atoms with Crippen LogP contribution in [-0.2, 0) is 4.79 Å². The van der Waals surface area contributed by atoms with Crippen molar-refractivity contribution >= 4 is 5.97 Å². The zero-order valence-electron chi connectivity index (χ0n) is 13.3. The fourth-order valence-corrected chi connectivity index (χ4v) is 3.45. The number of hydrogen-bond donors (Lipinski definition) is 1. The molecular weight excluding hydrogens is 238 g/mol. The maximum atomic E-state index is 11.3. The molecule has 1 aliphatic carbocycles. The van der Waals surface area contributed by atoms with E-state index in [4.69, 9.17) is 0 Å². The van der Waals surface area contributed by atoms with Crippen LogP contribution in [0.2, 0.25) is 0 Å². The predicted molar refractivity (Wildman–Crippen MR) is 79.3 cm³/mol. The monoisotopic (exact) mass is 269 g/mol. The highest BCUT2D eigenvalue weighted by molar-refractivity contribution is 5.73. The molecule has 0 spiro atoms. The van der Waals surface area contributed by atoms with Gasteiger partial charge < -0.3 is 5.11 Å². The fraction of sp³-hybridized carbons (Fsp3) is 0.938. The van der Waals surface area contributed by atoms with Crippen molar-refractivity contribution in [2.24, 2.45) is 11.3 Å². The van der Waals surface area contributed by atoms with Crippen LogP contribution in [0.1, 0.15) is 66.2 Å². The molecule has 1 aliphatic rings. The lowest BCUT2D eigenvalue weighted by atomic mass is 9.76. The summed E-state index contributed by atoms with van der Waals surface area (Å²) in [6.45, 7) is 8.94. The van der Waals surface area contributed by atoms with E-state index in [0.717, 1.165) is 18.8 Å². The Bertz CT molecular complexity index is 296. The van der Waals surface area contributed by atoms with E-state index in [0.29, 0.717) is 17.9 Å². The van der Waals surface area contributed by atoms with Gasteiger partial charge in [0.1, 0.15) is 6.04 Å². The zero-order valence-corrected chi connectivity index (χ0v) is 13.3. The second-order valence-corrected chi connectivity index (χ2v) is 7.15. The summed E-state index contributed by atoms with van der Waals surface area (Å²) in [5.74, 6) is 0.0948. The van der Waals surface area contributed by atoms with Gasteiger partial charge in [0.05, 0.1) is 0 Å². The van der Waals surface area contributed by atoms with E-state index in [9.17, 15) is 9.90 Å². The lowest BCUT2D eigenvalue weighted by molar-refractivity contribution is -0.143. The molecule has 0 aromatic heterocycles. The van der Waals surface area contributed by atoms with Crippen molar-refractivity contribution in [3.63, 3.8) is 0 Å². The molecule has 112 valence electrons. The molecule has 1 N–H and O–H groups in total. The number of hydrogen-bond acceptors (Lipinski definition) is 2. The summed E-state index contributed by atoms with van der Waals surface area (Å²) >= 11 is 0. The molecule has 0 saturated heterocycles. The Balaban J connectivity index is 2.64. The van der Waals surface area contributed by atoms with Gasteiger partial charge in [-0.3, -0.25) is 9.69 Å². The molecule has 0 aromatic rings. The van der Waals surface area contributed by atoms with Crippen LogP contribution in [0.3, 0.4) is 0 Å². The highest BCUT2D eigenvalue weighted by Crippen LogP contribution is 2.37. The number of nitrogens with zero attached hydrogens (tertiary/aromatic N) is 1. The number of likely N-dealkylation sites (N-methyl/N-ethyl adjacent to an activating group) is 1. The summed E-state index contributed by atoms with van der Waals surface area (Å²) in [6.07, 6.45) is 6.72. The van der Waals surface area contributed by atoms with Gasteiger partial charge >= 0.3 is 5.97 Å². The second-order valence-electron chi connectivity index (χ2n) is 7.15. The minimum absolute atomic E-state index is 0.323. The van der Waals surface area contributed by atoms with Gasteiger partial charge in [0, 0.05) is 6.04 Å². The van der Waals surface area contributed by atoms with Crippen LogP contribution in [0.4, 0.5) is 0 Å². The summed E-state index contributed by atoms with van der Waals surface area (Å²) in [7, 11) is 1.99. The van der Waals surface area contributed by atoms with E-state index in [-0.39, 0.29) is 6.04 Å². The molecule has 19 heavy (non-hydrogen) atoms. The third-order valence-electron chi connectivity index (χ3n) is 4.90. The summed E-state index contributed by atoms with van der Waals surface area (Å²) in [6, 6.07) is 0.115. The van der Waals surface area contributed by atoms with Gasteiger partial charge in [-0.25, -0.2) is 0 Å². The van der Waals surface area contributed by atoms with Crippen molar-refractivity contribution in [2.45, 2.75) is 78.3 Å². The normalized spacial score (nSPS) is 27.1. The van der Waals surface area contributed by atoms with Crippen LogP contribution >= 0.6 is 0 Å². The highest BCUT2D eigenvalue weighted by Gasteiger charge is 2.32. The maximum Gasteiger partial charge on any atom is 0.320 e. The average molecular weight is 269 g/mol. The molecule has 0 aromatic carbocycles. The van der Waals surface area contributed by atoms with Crippen LogP contribution in [0.5, 0.6) is 0 Å². The van der Waals surface area contributed by atoms with Crippen molar-refractivity contribution in [3.05, 3.63) is 0 Å². The molecule has 0 amide bonds. The number of rotatable bonds is 4. The standard InChI is InChI=1S/C16H31NO2/c1-6-14(15(18)19)17(5)13-9-7-8-12(10-11-13)16(2,3)4/h12-14H,6-11H2,1-5H3,(H,18,19). The smallest absolute Gasteiger partial charge is 0.320 e. The van der Waals surface area contributed by atoms with Gasteiger partial charge in [0.2, 0.25) is 0 Å². The summed E-state index contributed by atoms with van der Waals surface area (Å²) < 4.78 is 0. The first-order chi connectivity index (χ1) is 8.77. The highest BCUT2D eigenvalue weighted by atomic mass is 16.4.